The predicted molar refractivity (Wildman–Crippen MR) is 120 cm³/mol. The molecule has 0 bridgehead atoms. The highest BCUT2D eigenvalue weighted by molar-refractivity contribution is 8.15. The molecule has 0 saturated carbocycles. The number of amidine groups is 1. The summed E-state index contributed by atoms with van der Waals surface area (Å²) in [6.07, 6.45) is 4.05. The van der Waals surface area contributed by atoms with E-state index in [1.807, 2.05) is 32.0 Å². The molecule has 1 atom stereocenters. The first-order valence-corrected chi connectivity index (χ1v) is 10.7. The summed E-state index contributed by atoms with van der Waals surface area (Å²) in [5.41, 5.74) is 5.38. The molecule has 7 heteroatoms. The Morgan fingerprint density at radius 1 is 1.21 bits per heavy atom. The first kappa shape index (κ1) is 21.3. The smallest absolute Gasteiger partial charge is 0.240 e. The lowest BCUT2D eigenvalue weighted by atomic mass is 9.77. The molecule has 0 spiro atoms. The molecule has 2 amide bonds. The lowest BCUT2D eigenvalue weighted by Crippen LogP contribution is -2.28. The quantitative estimate of drug-likeness (QED) is 0.722. The first-order chi connectivity index (χ1) is 13.6. The number of hydrogen-bond acceptors (Lipinski definition) is 5. The molecule has 1 fully saturated rings. The van der Waals surface area contributed by atoms with E-state index < -0.39 is 5.25 Å². The van der Waals surface area contributed by atoms with Crippen molar-refractivity contribution < 1.29 is 9.59 Å². The molecule has 1 saturated heterocycles. The number of anilines is 1. The Labute approximate surface area is 176 Å². The Morgan fingerprint density at radius 2 is 1.97 bits per heavy atom. The molecule has 0 aromatic heterocycles. The zero-order chi connectivity index (χ0) is 21.2. The van der Waals surface area contributed by atoms with E-state index >= 15 is 0 Å². The Bertz CT molecular complexity index is 931. The molecule has 154 valence electrons. The molecule has 0 unspecified atom stereocenters. The van der Waals surface area contributed by atoms with E-state index in [2.05, 4.69) is 47.7 Å². The fourth-order valence-electron chi connectivity index (χ4n) is 3.65. The third-order valence-corrected chi connectivity index (χ3v) is 6.11. The van der Waals surface area contributed by atoms with Crippen molar-refractivity contribution in [3.05, 3.63) is 41.0 Å². The Morgan fingerprint density at radius 3 is 2.66 bits per heavy atom. The summed E-state index contributed by atoms with van der Waals surface area (Å²) in [6, 6.07) is 5.76. The minimum atomic E-state index is -0.499. The largest absolute Gasteiger partial charge is 0.326 e. The van der Waals surface area contributed by atoms with Gasteiger partial charge >= 0.3 is 0 Å². The zero-order valence-corrected chi connectivity index (χ0v) is 18.4. The number of aryl methyl sites for hydroxylation is 2. The Kier molecular flexibility index (Phi) is 6.27. The number of nitrogens with zero attached hydrogens (tertiary/aromatic N) is 2. The number of benzene rings is 1. The minimum absolute atomic E-state index is 0.0884. The van der Waals surface area contributed by atoms with Gasteiger partial charge in [-0.25, -0.2) is 0 Å². The average Bonchev–Trinajstić information content (AvgIpc) is 2.94. The van der Waals surface area contributed by atoms with Crippen molar-refractivity contribution in [3.63, 3.8) is 0 Å². The molecular weight excluding hydrogens is 384 g/mol. The van der Waals surface area contributed by atoms with Crippen LogP contribution >= 0.6 is 11.8 Å². The number of amides is 2. The second-order valence-corrected chi connectivity index (χ2v) is 9.84. The Balaban J connectivity index is 1.60. The molecule has 2 N–H and O–H groups in total. The topological polar surface area (TPSA) is 82.9 Å². The van der Waals surface area contributed by atoms with Crippen LogP contribution in [0.4, 0.5) is 5.69 Å². The number of thioether (sulfide) groups is 1. The van der Waals surface area contributed by atoms with Gasteiger partial charge in [0.1, 0.15) is 5.25 Å². The van der Waals surface area contributed by atoms with Gasteiger partial charge < -0.3 is 10.6 Å². The summed E-state index contributed by atoms with van der Waals surface area (Å²) in [4.78, 5) is 24.6. The summed E-state index contributed by atoms with van der Waals surface area (Å²) in [5.74, 6) is -0.402. The van der Waals surface area contributed by atoms with Gasteiger partial charge in [0.05, 0.1) is 5.71 Å². The SMILES string of the molecule is CC1=CC(=NN=C2NC(=O)[C@@H](CC(=O)Nc3ccc(C)c(C)c3)S2)CC(C)(C)C1. The molecule has 1 heterocycles. The number of carbonyl (C=O) groups excluding carboxylic acids is 2. The maximum Gasteiger partial charge on any atom is 0.240 e. The van der Waals surface area contributed by atoms with E-state index in [0.29, 0.717) is 5.17 Å². The van der Waals surface area contributed by atoms with Crippen LogP contribution < -0.4 is 10.6 Å². The number of rotatable bonds is 4. The fourth-order valence-corrected chi connectivity index (χ4v) is 4.57. The highest BCUT2D eigenvalue weighted by Crippen LogP contribution is 2.34. The van der Waals surface area contributed by atoms with Gasteiger partial charge in [0.2, 0.25) is 11.8 Å². The molecule has 1 aliphatic carbocycles. The summed E-state index contributed by atoms with van der Waals surface area (Å²) in [5, 5.41) is 14.1. The molecule has 3 rings (SSSR count). The maximum atomic E-state index is 12.4. The monoisotopic (exact) mass is 412 g/mol. The second-order valence-electron chi connectivity index (χ2n) is 8.65. The van der Waals surface area contributed by atoms with Crippen LogP contribution in [0.15, 0.2) is 40.1 Å². The molecule has 29 heavy (non-hydrogen) atoms. The maximum absolute atomic E-state index is 12.4. The summed E-state index contributed by atoms with van der Waals surface area (Å²) < 4.78 is 0. The third kappa shape index (κ3) is 5.79. The van der Waals surface area contributed by atoms with Crippen LogP contribution in [0.3, 0.4) is 0 Å². The van der Waals surface area contributed by atoms with Crippen molar-refractivity contribution in [3.8, 4) is 0 Å². The summed E-state index contributed by atoms with van der Waals surface area (Å²) in [7, 11) is 0. The van der Waals surface area contributed by atoms with Crippen molar-refractivity contribution in [2.24, 2.45) is 15.6 Å². The average molecular weight is 413 g/mol. The van der Waals surface area contributed by atoms with Crippen LogP contribution in [0.25, 0.3) is 0 Å². The number of carbonyl (C=O) groups is 2. The van der Waals surface area contributed by atoms with Crippen molar-refractivity contribution in [2.75, 3.05) is 5.32 Å². The fraction of sp³-hybridized carbons (Fsp3) is 0.455. The van der Waals surface area contributed by atoms with Crippen LogP contribution in [0, 0.1) is 19.3 Å². The van der Waals surface area contributed by atoms with Gasteiger partial charge in [0.15, 0.2) is 5.17 Å². The number of allylic oxidation sites excluding steroid dienone is 2. The second kappa shape index (κ2) is 8.53. The summed E-state index contributed by atoms with van der Waals surface area (Å²) in [6.45, 7) is 10.5. The van der Waals surface area contributed by atoms with Crippen LogP contribution in [-0.2, 0) is 9.59 Å². The lowest BCUT2D eigenvalue weighted by Gasteiger charge is -2.28. The van der Waals surface area contributed by atoms with Gasteiger partial charge in [0.25, 0.3) is 0 Å². The molecular formula is C22H28N4O2S. The van der Waals surface area contributed by atoms with E-state index in [1.165, 1.54) is 22.9 Å². The molecule has 1 aliphatic heterocycles. The standard InChI is InChI=1S/C22H28N4O2S/c1-13-8-17(12-22(4,5)11-13)25-26-21-24-20(28)18(29-21)10-19(27)23-16-7-6-14(2)15(3)9-16/h6-9,18H,10-12H2,1-5H3,(H,23,27)(H,24,26,28)/t18-/m1/s1. The van der Waals surface area contributed by atoms with E-state index in [-0.39, 0.29) is 23.7 Å². The van der Waals surface area contributed by atoms with Gasteiger partial charge in [-0.2, -0.15) is 5.10 Å². The van der Waals surface area contributed by atoms with Gasteiger partial charge in [0, 0.05) is 12.1 Å². The van der Waals surface area contributed by atoms with Crippen molar-refractivity contribution in [1.29, 1.82) is 0 Å². The van der Waals surface area contributed by atoms with Gasteiger partial charge in [-0.05, 0) is 68.4 Å². The molecule has 6 nitrogen and oxygen atoms in total. The van der Waals surface area contributed by atoms with Gasteiger partial charge in [-0.15, -0.1) is 5.10 Å². The van der Waals surface area contributed by atoms with Gasteiger partial charge in [-0.1, -0.05) is 37.2 Å². The number of hydrogen-bond donors (Lipinski definition) is 2. The lowest BCUT2D eigenvalue weighted by molar-refractivity contribution is -0.122. The molecule has 0 radical (unpaired) electrons. The summed E-state index contributed by atoms with van der Waals surface area (Å²) >= 11 is 1.25. The highest BCUT2D eigenvalue weighted by atomic mass is 32.2. The van der Waals surface area contributed by atoms with E-state index in [1.54, 1.807) is 0 Å². The third-order valence-electron chi connectivity index (χ3n) is 5.04. The number of nitrogens with one attached hydrogen (secondary N) is 2. The van der Waals surface area contributed by atoms with E-state index in [4.69, 9.17) is 0 Å². The van der Waals surface area contributed by atoms with Crippen LogP contribution in [0.5, 0.6) is 0 Å². The zero-order valence-electron chi connectivity index (χ0n) is 17.6. The molecule has 1 aromatic rings. The molecule has 2 aliphatic rings. The predicted octanol–water partition coefficient (Wildman–Crippen LogP) is 4.34. The highest BCUT2D eigenvalue weighted by Gasteiger charge is 2.32. The minimum Gasteiger partial charge on any atom is -0.326 e. The van der Waals surface area contributed by atoms with Crippen molar-refractivity contribution >= 4 is 40.1 Å². The Hall–Kier alpha value is -2.41. The first-order valence-electron chi connectivity index (χ1n) is 9.78. The normalized spacial score (nSPS) is 23.8. The van der Waals surface area contributed by atoms with Crippen LogP contribution in [0.2, 0.25) is 0 Å². The van der Waals surface area contributed by atoms with Crippen molar-refractivity contribution in [2.45, 2.75) is 59.1 Å². The van der Waals surface area contributed by atoms with E-state index in [9.17, 15) is 9.59 Å². The van der Waals surface area contributed by atoms with Crippen molar-refractivity contribution in [1.82, 2.24) is 5.32 Å². The van der Waals surface area contributed by atoms with Crippen LogP contribution in [0.1, 0.15) is 51.2 Å². The van der Waals surface area contributed by atoms with Crippen LogP contribution in [-0.4, -0.2) is 27.9 Å². The van der Waals surface area contributed by atoms with E-state index in [0.717, 1.165) is 29.8 Å². The van der Waals surface area contributed by atoms with Gasteiger partial charge in [-0.3, -0.25) is 9.59 Å². The molecule has 1 aromatic carbocycles.